The van der Waals surface area contributed by atoms with Gasteiger partial charge in [-0.1, -0.05) is 0 Å². The quantitative estimate of drug-likeness (QED) is 0.772. The van der Waals surface area contributed by atoms with Crippen LogP contribution in [0.5, 0.6) is 0 Å². The second-order valence-electron chi connectivity index (χ2n) is 4.77. The highest BCUT2D eigenvalue weighted by molar-refractivity contribution is 7.89. The highest BCUT2D eigenvalue weighted by Gasteiger charge is 2.35. The Morgan fingerprint density at radius 1 is 1.39 bits per heavy atom. The third kappa shape index (κ3) is 2.11. The smallest absolute Gasteiger partial charge is 0.262 e. The van der Waals surface area contributed by atoms with Gasteiger partial charge in [0.15, 0.2) is 10.8 Å². The fourth-order valence-corrected chi connectivity index (χ4v) is 4.16. The van der Waals surface area contributed by atoms with Crippen molar-refractivity contribution in [3.63, 3.8) is 0 Å². The summed E-state index contributed by atoms with van der Waals surface area (Å²) in [5.74, 6) is 0.0589. The average molecular weight is 273 g/mol. The summed E-state index contributed by atoms with van der Waals surface area (Å²) >= 11 is 0. The Morgan fingerprint density at radius 2 is 2.06 bits per heavy atom. The van der Waals surface area contributed by atoms with Gasteiger partial charge in [0.25, 0.3) is 10.0 Å². The molecule has 2 heterocycles. The number of nitrogens with two attached hydrogens (primary N) is 1. The van der Waals surface area contributed by atoms with Gasteiger partial charge in [-0.25, -0.2) is 13.4 Å². The molecule has 8 heteroatoms. The molecule has 1 atom stereocenters. The Labute approximate surface area is 107 Å². The molecule has 7 nitrogen and oxygen atoms in total. The maximum Gasteiger partial charge on any atom is 0.262 e. The second-order valence-corrected chi connectivity index (χ2v) is 6.58. The standard InChI is InChI=1S/C10H19N5O2S/c1-8-6-13(2)4-5-15(8)18(16,17)10-9(11)12-7-14(10)3/h7-8H,4-6,11H2,1-3H3. The van der Waals surface area contributed by atoms with Crippen LogP contribution in [-0.4, -0.2) is 59.9 Å². The molecule has 1 aliphatic rings. The molecule has 102 valence electrons. The molecule has 2 N–H and O–H groups in total. The molecule has 0 aromatic carbocycles. The van der Waals surface area contributed by atoms with Crippen LogP contribution < -0.4 is 5.73 Å². The summed E-state index contributed by atoms with van der Waals surface area (Å²) in [4.78, 5) is 5.96. The van der Waals surface area contributed by atoms with E-state index in [4.69, 9.17) is 5.73 Å². The number of nitrogen functional groups attached to an aromatic ring is 1. The van der Waals surface area contributed by atoms with Gasteiger partial charge < -0.3 is 15.2 Å². The van der Waals surface area contributed by atoms with Gasteiger partial charge in [0.05, 0.1) is 6.33 Å². The summed E-state index contributed by atoms with van der Waals surface area (Å²) < 4.78 is 28.1. The number of rotatable bonds is 2. The molecule has 0 saturated carbocycles. The topological polar surface area (TPSA) is 84.5 Å². The number of aromatic nitrogens is 2. The van der Waals surface area contributed by atoms with E-state index in [0.717, 1.165) is 13.1 Å². The Morgan fingerprint density at radius 3 is 2.56 bits per heavy atom. The first-order valence-electron chi connectivity index (χ1n) is 5.81. The molecule has 1 aromatic rings. The van der Waals surface area contributed by atoms with Crippen molar-refractivity contribution in [3.8, 4) is 0 Å². The first kappa shape index (κ1) is 13.3. The van der Waals surface area contributed by atoms with E-state index in [1.165, 1.54) is 15.2 Å². The van der Waals surface area contributed by atoms with E-state index in [0.29, 0.717) is 6.54 Å². The number of likely N-dealkylation sites (N-methyl/N-ethyl adjacent to an activating group) is 1. The summed E-state index contributed by atoms with van der Waals surface area (Å²) in [5, 5.41) is 0.0823. The maximum absolute atomic E-state index is 12.6. The molecular weight excluding hydrogens is 254 g/mol. The minimum absolute atomic E-state index is 0.0589. The lowest BCUT2D eigenvalue weighted by atomic mass is 10.2. The van der Waals surface area contributed by atoms with Gasteiger partial charge in [-0.05, 0) is 14.0 Å². The average Bonchev–Trinajstić information content (AvgIpc) is 2.58. The van der Waals surface area contributed by atoms with Crippen molar-refractivity contribution < 1.29 is 8.42 Å². The van der Waals surface area contributed by atoms with Gasteiger partial charge in [-0.2, -0.15) is 4.31 Å². The lowest BCUT2D eigenvalue weighted by Gasteiger charge is -2.37. The molecule has 1 fully saturated rings. The van der Waals surface area contributed by atoms with Crippen molar-refractivity contribution in [1.82, 2.24) is 18.8 Å². The van der Waals surface area contributed by atoms with Crippen LogP contribution in [-0.2, 0) is 17.1 Å². The van der Waals surface area contributed by atoms with Crippen molar-refractivity contribution in [1.29, 1.82) is 0 Å². The van der Waals surface area contributed by atoms with Crippen LogP contribution >= 0.6 is 0 Å². The predicted octanol–water partition coefficient (Wildman–Crippen LogP) is -0.673. The molecule has 0 aliphatic carbocycles. The first-order chi connectivity index (χ1) is 8.34. The Kier molecular flexibility index (Phi) is 3.35. The van der Waals surface area contributed by atoms with Crippen LogP contribution in [0.1, 0.15) is 6.92 Å². The monoisotopic (exact) mass is 273 g/mol. The molecule has 0 amide bonds. The van der Waals surface area contributed by atoms with E-state index >= 15 is 0 Å². The first-order valence-corrected chi connectivity index (χ1v) is 7.25. The molecule has 0 spiro atoms. The van der Waals surface area contributed by atoms with E-state index in [2.05, 4.69) is 9.88 Å². The minimum Gasteiger partial charge on any atom is -0.381 e. The molecule has 0 bridgehead atoms. The third-order valence-electron chi connectivity index (χ3n) is 3.23. The Hall–Kier alpha value is -1.12. The number of sulfonamides is 1. The largest absolute Gasteiger partial charge is 0.381 e. The van der Waals surface area contributed by atoms with Crippen LogP contribution in [0.2, 0.25) is 0 Å². The summed E-state index contributed by atoms with van der Waals surface area (Å²) in [5.41, 5.74) is 5.66. The summed E-state index contributed by atoms with van der Waals surface area (Å²) in [7, 11) is 0.0504. The molecule has 1 unspecified atom stereocenters. The number of imidazole rings is 1. The predicted molar refractivity (Wildman–Crippen MR) is 68.5 cm³/mol. The lowest BCUT2D eigenvalue weighted by Crippen LogP contribution is -2.52. The molecule has 1 aromatic heterocycles. The fraction of sp³-hybridized carbons (Fsp3) is 0.700. The van der Waals surface area contributed by atoms with Gasteiger partial charge >= 0.3 is 0 Å². The van der Waals surface area contributed by atoms with Gasteiger partial charge in [0, 0.05) is 32.7 Å². The van der Waals surface area contributed by atoms with Gasteiger partial charge in [0.1, 0.15) is 0 Å². The van der Waals surface area contributed by atoms with E-state index in [9.17, 15) is 8.42 Å². The van der Waals surface area contributed by atoms with E-state index in [1.807, 2.05) is 14.0 Å². The van der Waals surface area contributed by atoms with Crippen LogP contribution in [0.4, 0.5) is 5.82 Å². The van der Waals surface area contributed by atoms with Gasteiger partial charge in [-0.15, -0.1) is 0 Å². The zero-order valence-electron chi connectivity index (χ0n) is 10.9. The zero-order chi connectivity index (χ0) is 13.5. The number of hydrogen-bond donors (Lipinski definition) is 1. The van der Waals surface area contributed by atoms with Crippen molar-refractivity contribution >= 4 is 15.8 Å². The third-order valence-corrected chi connectivity index (χ3v) is 5.38. The van der Waals surface area contributed by atoms with E-state index < -0.39 is 10.0 Å². The van der Waals surface area contributed by atoms with Gasteiger partial charge in [0.2, 0.25) is 0 Å². The fourth-order valence-electron chi connectivity index (χ4n) is 2.34. The number of nitrogens with zero attached hydrogens (tertiary/aromatic N) is 4. The number of piperazine rings is 1. The summed E-state index contributed by atoms with van der Waals surface area (Å²) in [6.07, 6.45) is 1.42. The Balaban J connectivity index is 2.38. The zero-order valence-corrected chi connectivity index (χ0v) is 11.7. The molecule has 18 heavy (non-hydrogen) atoms. The Bertz CT molecular complexity index is 519. The molecule has 0 radical (unpaired) electrons. The highest BCUT2D eigenvalue weighted by atomic mass is 32.2. The molecule has 2 rings (SSSR count). The highest BCUT2D eigenvalue weighted by Crippen LogP contribution is 2.24. The molecular formula is C10H19N5O2S. The number of hydrogen-bond acceptors (Lipinski definition) is 5. The minimum atomic E-state index is -3.57. The number of anilines is 1. The van der Waals surface area contributed by atoms with E-state index in [1.54, 1.807) is 7.05 Å². The van der Waals surface area contributed by atoms with Crippen molar-refractivity contribution in [2.75, 3.05) is 32.4 Å². The molecule has 1 aliphatic heterocycles. The second kappa shape index (κ2) is 4.52. The van der Waals surface area contributed by atoms with Crippen LogP contribution in [0.25, 0.3) is 0 Å². The number of aryl methyl sites for hydroxylation is 1. The van der Waals surface area contributed by atoms with Crippen molar-refractivity contribution in [2.24, 2.45) is 7.05 Å². The summed E-state index contributed by atoms with van der Waals surface area (Å²) in [6.45, 7) is 3.82. The van der Waals surface area contributed by atoms with Crippen LogP contribution in [0, 0.1) is 0 Å². The lowest BCUT2D eigenvalue weighted by molar-refractivity contribution is 0.170. The van der Waals surface area contributed by atoms with Gasteiger partial charge in [-0.3, -0.25) is 0 Å². The van der Waals surface area contributed by atoms with Crippen LogP contribution in [0.3, 0.4) is 0 Å². The summed E-state index contributed by atoms with van der Waals surface area (Å²) in [6, 6.07) is -0.0666. The normalized spacial score (nSPS) is 23.4. The SMILES string of the molecule is CC1CN(C)CCN1S(=O)(=O)c1c(N)ncn1C. The van der Waals surface area contributed by atoms with Crippen molar-refractivity contribution in [3.05, 3.63) is 6.33 Å². The van der Waals surface area contributed by atoms with E-state index in [-0.39, 0.29) is 16.9 Å². The maximum atomic E-state index is 12.6. The van der Waals surface area contributed by atoms with Crippen LogP contribution in [0.15, 0.2) is 11.4 Å². The van der Waals surface area contributed by atoms with Crippen molar-refractivity contribution in [2.45, 2.75) is 18.0 Å². The molecule has 1 saturated heterocycles.